The summed E-state index contributed by atoms with van der Waals surface area (Å²) in [6.45, 7) is 7.13. The topological polar surface area (TPSA) is 41.1 Å². The molecule has 0 bridgehead atoms. The highest BCUT2D eigenvalue weighted by Crippen LogP contribution is 2.18. The van der Waals surface area contributed by atoms with Crippen molar-refractivity contribution in [2.75, 3.05) is 12.8 Å². The standard InChI is InChI=1S/C15H24N2OS/c1-11(2)12(3)17-15(18)10-19-14-7-5-13(6-8-14)9-16-4/h5-8,11-12,16H,9-10H2,1-4H3,(H,17,18). The molecule has 0 aliphatic heterocycles. The molecule has 0 fully saturated rings. The van der Waals surface area contributed by atoms with E-state index in [2.05, 4.69) is 48.7 Å². The second-order valence-corrected chi connectivity index (χ2v) is 6.11. The summed E-state index contributed by atoms with van der Waals surface area (Å²) in [5, 5.41) is 6.13. The Morgan fingerprint density at radius 3 is 2.37 bits per heavy atom. The first kappa shape index (κ1) is 16.1. The van der Waals surface area contributed by atoms with Crippen molar-refractivity contribution in [3.63, 3.8) is 0 Å². The van der Waals surface area contributed by atoms with Crippen LogP contribution in [-0.4, -0.2) is 24.7 Å². The van der Waals surface area contributed by atoms with Crippen molar-refractivity contribution < 1.29 is 4.79 Å². The summed E-state index contributed by atoms with van der Waals surface area (Å²) >= 11 is 1.58. The van der Waals surface area contributed by atoms with Gasteiger partial charge in [0.1, 0.15) is 0 Å². The van der Waals surface area contributed by atoms with Crippen LogP contribution in [0.5, 0.6) is 0 Å². The third-order valence-electron chi connectivity index (χ3n) is 3.06. The number of carbonyl (C=O) groups is 1. The fraction of sp³-hybridized carbons (Fsp3) is 0.533. The van der Waals surface area contributed by atoms with Crippen LogP contribution in [0.2, 0.25) is 0 Å². The van der Waals surface area contributed by atoms with Crippen molar-refractivity contribution in [3.8, 4) is 0 Å². The molecule has 4 heteroatoms. The number of benzene rings is 1. The van der Waals surface area contributed by atoms with E-state index >= 15 is 0 Å². The van der Waals surface area contributed by atoms with Crippen molar-refractivity contribution in [3.05, 3.63) is 29.8 Å². The van der Waals surface area contributed by atoms with Gasteiger partial charge in [-0.2, -0.15) is 0 Å². The van der Waals surface area contributed by atoms with E-state index in [9.17, 15) is 4.79 Å². The van der Waals surface area contributed by atoms with Crippen LogP contribution < -0.4 is 10.6 Å². The van der Waals surface area contributed by atoms with E-state index in [1.807, 2.05) is 14.0 Å². The first-order chi connectivity index (χ1) is 9.02. The second-order valence-electron chi connectivity index (χ2n) is 5.06. The van der Waals surface area contributed by atoms with E-state index in [-0.39, 0.29) is 11.9 Å². The Balaban J connectivity index is 2.37. The fourth-order valence-corrected chi connectivity index (χ4v) is 2.23. The Kier molecular flexibility index (Phi) is 6.95. The van der Waals surface area contributed by atoms with Crippen LogP contribution in [0.1, 0.15) is 26.3 Å². The van der Waals surface area contributed by atoms with Crippen molar-refractivity contribution >= 4 is 17.7 Å². The minimum Gasteiger partial charge on any atom is -0.353 e. The van der Waals surface area contributed by atoms with Crippen LogP contribution in [0.15, 0.2) is 29.2 Å². The maximum Gasteiger partial charge on any atom is 0.230 e. The highest BCUT2D eigenvalue weighted by molar-refractivity contribution is 8.00. The maximum absolute atomic E-state index is 11.8. The third kappa shape index (κ3) is 6.12. The van der Waals surface area contributed by atoms with Gasteiger partial charge in [0.15, 0.2) is 0 Å². The molecule has 0 aliphatic rings. The van der Waals surface area contributed by atoms with Gasteiger partial charge in [-0.05, 0) is 37.6 Å². The van der Waals surface area contributed by atoms with Crippen molar-refractivity contribution in [2.45, 2.75) is 38.3 Å². The van der Waals surface area contributed by atoms with Gasteiger partial charge in [-0.1, -0.05) is 26.0 Å². The van der Waals surface area contributed by atoms with Crippen molar-refractivity contribution in [1.29, 1.82) is 0 Å². The van der Waals surface area contributed by atoms with E-state index in [0.29, 0.717) is 11.7 Å². The maximum atomic E-state index is 11.8. The molecule has 19 heavy (non-hydrogen) atoms. The molecule has 1 atom stereocenters. The van der Waals surface area contributed by atoms with E-state index in [1.165, 1.54) is 5.56 Å². The molecule has 1 unspecified atom stereocenters. The normalized spacial score (nSPS) is 12.5. The zero-order valence-electron chi connectivity index (χ0n) is 12.2. The molecule has 0 spiro atoms. The van der Waals surface area contributed by atoms with E-state index in [0.717, 1.165) is 11.4 Å². The number of nitrogens with one attached hydrogen (secondary N) is 2. The lowest BCUT2D eigenvalue weighted by atomic mass is 10.1. The van der Waals surface area contributed by atoms with Crippen LogP contribution in [0.4, 0.5) is 0 Å². The van der Waals surface area contributed by atoms with Gasteiger partial charge in [-0.3, -0.25) is 4.79 Å². The predicted molar refractivity (Wildman–Crippen MR) is 82.4 cm³/mol. The van der Waals surface area contributed by atoms with Gasteiger partial charge in [-0.15, -0.1) is 11.8 Å². The summed E-state index contributed by atoms with van der Waals surface area (Å²) in [6, 6.07) is 8.54. The van der Waals surface area contributed by atoms with Crippen molar-refractivity contribution in [1.82, 2.24) is 10.6 Å². The van der Waals surface area contributed by atoms with Gasteiger partial charge in [-0.25, -0.2) is 0 Å². The zero-order chi connectivity index (χ0) is 14.3. The molecule has 0 radical (unpaired) electrons. The molecule has 0 aromatic heterocycles. The van der Waals surface area contributed by atoms with E-state index in [1.54, 1.807) is 11.8 Å². The average Bonchev–Trinajstić information content (AvgIpc) is 2.38. The molecular formula is C15H24N2OS. The lowest BCUT2D eigenvalue weighted by Crippen LogP contribution is -2.37. The third-order valence-corrected chi connectivity index (χ3v) is 4.07. The molecule has 0 saturated carbocycles. The summed E-state index contributed by atoms with van der Waals surface area (Å²) in [4.78, 5) is 12.9. The number of rotatable bonds is 7. The van der Waals surface area contributed by atoms with Gasteiger partial charge in [0, 0.05) is 17.5 Å². The minimum atomic E-state index is 0.102. The Morgan fingerprint density at radius 2 is 1.84 bits per heavy atom. The van der Waals surface area contributed by atoms with Gasteiger partial charge in [0.05, 0.1) is 5.75 Å². The average molecular weight is 280 g/mol. The predicted octanol–water partition coefficient (Wildman–Crippen LogP) is 2.66. The van der Waals surface area contributed by atoms with Crippen LogP contribution in [0, 0.1) is 5.92 Å². The Hall–Kier alpha value is -1.00. The van der Waals surface area contributed by atoms with Gasteiger partial charge in [0.2, 0.25) is 5.91 Å². The molecule has 1 rings (SSSR count). The highest BCUT2D eigenvalue weighted by atomic mass is 32.2. The molecule has 106 valence electrons. The molecule has 0 heterocycles. The molecule has 0 saturated heterocycles. The first-order valence-electron chi connectivity index (χ1n) is 6.68. The summed E-state index contributed by atoms with van der Waals surface area (Å²) in [7, 11) is 1.93. The SMILES string of the molecule is CNCc1ccc(SCC(=O)NC(C)C(C)C)cc1. The summed E-state index contributed by atoms with van der Waals surface area (Å²) in [5.41, 5.74) is 1.25. The van der Waals surface area contributed by atoms with Gasteiger partial charge < -0.3 is 10.6 Å². The second kappa shape index (κ2) is 8.23. The number of amides is 1. The Morgan fingerprint density at radius 1 is 1.21 bits per heavy atom. The van der Waals surface area contributed by atoms with Crippen LogP contribution >= 0.6 is 11.8 Å². The van der Waals surface area contributed by atoms with Crippen LogP contribution in [0.3, 0.4) is 0 Å². The zero-order valence-corrected chi connectivity index (χ0v) is 13.0. The smallest absolute Gasteiger partial charge is 0.230 e. The van der Waals surface area contributed by atoms with Crippen molar-refractivity contribution in [2.24, 2.45) is 5.92 Å². The molecular weight excluding hydrogens is 256 g/mol. The lowest BCUT2D eigenvalue weighted by Gasteiger charge is -2.17. The fourth-order valence-electron chi connectivity index (χ4n) is 1.52. The lowest BCUT2D eigenvalue weighted by molar-refractivity contribution is -0.119. The molecule has 1 aromatic carbocycles. The van der Waals surface area contributed by atoms with E-state index < -0.39 is 0 Å². The first-order valence-corrected chi connectivity index (χ1v) is 7.67. The monoisotopic (exact) mass is 280 g/mol. The summed E-state index contributed by atoms with van der Waals surface area (Å²) < 4.78 is 0. The Labute approximate surface area is 120 Å². The van der Waals surface area contributed by atoms with Crippen LogP contribution in [-0.2, 0) is 11.3 Å². The largest absolute Gasteiger partial charge is 0.353 e. The molecule has 3 nitrogen and oxygen atoms in total. The van der Waals surface area contributed by atoms with Gasteiger partial charge >= 0.3 is 0 Å². The quantitative estimate of drug-likeness (QED) is 0.755. The highest BCUT2D eigenvalue weighted by Gasteiger charge is 2.10. The Bertz CT molecular complexity index is 390. The molecule has 0 aliphatic carbocycles. The molecule has 2 N–H and O–H groups in total. The molecule has 1 amide bonds. The number of thioether (sulfide) groups is 1. The van der Waals surface area contributed by atoms with Gasteiger partial charge in [0.25, 0.3) is 0 Å². The summed E-state index contributed by atoms with van der Waals surface area (Å²) in [5.74, 6) is 1.04. The minimum absolute atomic E-state index is 0.102. The summed E-state index contributed by atoms with van der Waals surface area (Å²) in [6.07, 6.45) is 0. The molecule has 1 aromatic rings. The van der Waals surface area contributed by atoms with Crippen LogP contribution in [0.25, 0.3) is 0 Å². The van der Waals surface area contributed by atoms with E-state index in [4.69, 9.17) is 0 Å². The number of carbonyl (C=O) groups excluding carboxylic acids is 1. The number of hydrogen-bond donors (Lipinski definition) is 2. The number of hydrogen-bond acceptors (Lipinski definition) is 3.